The molecule has 0 aliphatic rings. The Labute approximate surface area is 167 Å². The first-order chi connectivity index (χ1) is 13.4. The largest absolute Gasteiger partial charge is 0.466 e. The maximum absolute atomic E-state index is 13.0. The summed E-state index contributed by atoms with van der Waals surface area (Å²) < 4.78 is 28.3. The molecule has 0 aliphatic carbocycles. The Hall–Kier alpha value is -1.69. The molecule has 0 saturated carbocycles. The zero-order valence-electron chi connectivity index (χ0n) is 17.3. The third kappa shape index (κ3) is 8.13. The summed E-state index contributed by atoms with van der Waals surface area (Å²) in [5, 5.41) is 0. The van der Waals surface area contributed by atoms with Crippen LogP contribution in [0, 0.1) is 0 Å². The molecule has 0 fully saturated rings. The van der Waals surface area contributed by atoms with Gasteiger partial charge in [-0.05, 0) is 39.7 Å². The third-order valence-electron chi connectivity index (χ3n) is 4.14. The summed E-state index contributed by atoms with van der Waals surface area (Å²) in [4.78, 5) is 26.2. The van der Waals surface area contributed by atoms with E-state index in [2.05, 4.69) is 0 Å². The minimum Gasteiger partial charge on any atom is -0.466 e. The highest BCUT2D eigenvalue weighted by molar-refractivity contribution is 7.54. The number of rotatable bonds is 13. The van der Waals surface area contributed by atoms with Crippen LogP contribution in [0.25, 0.3) is 0 Å². The van der Waals surface area contributed by atoms with Crippen molar-refractivity contribution in [1.82, 2.24) is 4.90 Å². The second kappa shape index (κ2) is 12.7. The predicted molar refractivity (Wildman–Crippen MR) is 108 cm³/mol. The normalized spacial score (nSPS) is 12.4. The minimum atomic E-state index is -3.51. The number of ether oxygens (including phenoxy) is 1. The molecule has 0 aromatic heterocycles. The Morgan fingerprint density at radius 2 is 1.64 bits per heavy atom. The number of hydrogen-bond acceptors (Lipinski definition) is 6. The molecule has 1 rings (SSSR count). The van der Waals surface area contributed by atoms with Gasteiger partial charge in [0.1, 0.15) is 6.16 Å². The Morgan fingerprint density at radius 3 is 2.18 bits per heavy atom. The van der Waals surface area contributed by atoms with E-state index < -0.39 is 7.60 Å². The molecule has 0 N–H and O–H groups in total. The molecule has 1 aromatic rings. The van der Waals surface area contributed by atoms with Gasteiger partial charge in [0, 0.05) is 13.0 Å². The minimum absolute atomic E-state index is 0.196. The summed E-state index contributed by atoms with van der Waals surface area (Å²) in [5.74, 6) is -0.623. The van der Waals surface area contributed by atoms with Crippen LogP contribution in [0.5, 0.6) is 0 Å². The second-order valence-corrected chi connectivity index (χ2v) is 8.24. The van der Waals surface area contributed by atoms with Gasteiger partial charge in [-0.2, -0.15) is 0 Å². The average molecular weight is 413 g/mol. The highest BCUT2D eigenvalue weighted by Gasteiger charge is 2.32. The van der Waals surface area contributed by atoms with Gasteiger partial charge in [-0.3, -0.25) is 14.2 Å². The van der Waals surface area contributed by atoms with Crippen molar-refractivity contribution in [1.29, 1.82) is 0 Å². The first-order valence-corrected chi connectivity index (χ1v) is 11.5. The van der Waals surface area contributed by atoms with Gasteiger partial charge in [0.15, 0.2) is 0 Å². The zero-order chi connectivity index (χ0) is 21.0. The van der Waals surface area contributed by atoms with Crippen LogP contribution >= 0.6 is 7.60 Å². The number of carbonyl (C=O) groups excluding carboxylic acids is 2. The van der Waals surface area contributed by atoms with Crippen molar-refractivity contribution >= 4 is 19.5 Å². The molecule has 1 aromatic carbocycles. The number of carbonyl (C=O) groups is 2. The molecule has 0 radical (unpaired) electrons. The fraction of sp³-hybridized carbons (Fsp3) is 0.600. The van der Waals surface area contributed by atoms with E-state index in [1.807, 2.05) is 37.3 Å². The summed E-state index contributed by atoms with van der Waals surface area (Å²) in [7, 11) is -3.51. The lowest BCUT2D eigenvalue weighted by Crippen LogP contribution is -2.37. The maximum atomic E-state index is 13.0. The monoisotopic (exact) mass is 413 g/mol. The van der Waals surface area contributed by atoms with E-state index in [0.29, 0.717) is 19.6 Å². The summed E-state index contributed by atoms with van der Waals surface area (Å²) in [6.07, 6.45) is 0.342. The zero-order valence-corrected chi connectivity index (χ0v) is 18.2. The molecule has 1 atom stereocenters. The van der Waals surface area contributed by atoms with E-state index in [-0.39, 0.29) is 43.7 Å². The standard InChI is InChI=1S/C20H32NO6P/c1-5-25-20(23)14-11-15-21(17(4)18-12-9-8-10-13-18)19(22)16-28(24,26-6-2)27-7-3/h8-10,12-13,17H,5-7,11,14-16H2,1-4H3/t17-/m1/s1. The molecule has 158 valence electrons. The third-order valence-corrected chi connectivity index (χ3v) is 6.10. The molecular weight excluding hydrogens is 381 g/mol. The highest BCUT2D eigenvalue weighted by Crippen LogP contribution is 2.48. The molecule has 0 spiro atoms. The molecule has 0 bridgehead atoms. The van der Waals surface area contributed by atoms with Crippen molar-refractivity contribution in [3.8, 4) is 0 Å². The van der Waals surface area contributed by atoms with E-state index in [4.69, 9.17) is 13.8 Å². The van der Waals surface area contributed by atoms with E-state index in [0.717, 1.165) is 5.56 Å². The van der Waals surface area contributed by atoms with E-state index in [9.17, 15) is 14.2 Å². The molecule has 1 amide bonds. The molecule has 28 heavy (non-hydrogen) atoms. The van der Waals surface area contributed by atoms with Crippen LogP contribution in [0.3, 0.4) is 0 Å². The fourth-order valence-corrected chi connectivity index (χ4v) is 4.41. The Balaban J connectivity index is 2.93. The first kappa shape index (κ1) is 24.3. The topological polar surface area (TPSA) is 82.1 Å². The highest BCUT2D eigenvalue weighted by atomic mass is 31.2. The quantitative estimate of drug-likeness (QED) is 0.356. The van der Waals surface area contributed by atoms with Crippen LogP contribution in [0.1, 0.15) is 52.1 Å². The SMILES string of the molecule is CCOC(=O)CCCN(C(=O)CP(=O)(OCC)OCC)[C@H](C)c1ccccc1. The second-order valence-electron chi connectivity index (χ2n) is 6.19. The van der Waals surface area contributed by atoms with Crippen LogP contribution in [0.15, 0.2) is 30.3 Å². The first-order valence-electron chi connectivity index (χ1n) is 9.75. The van der Waals surface area contributed by atoms with Gasteiger partial charge in [-0.15, -0.1) is 0 Å². The lowest BCUT2D eigenvalue weighted by Gasteiger charge is -2.31. The lowest BCUT2D eigenvalue weighted by molar-refractivity contribution is -0.143. The van der Waals surface area contributed by atoms with Crippen molar-refractivity contribution in [3.05, 3.63) is 35.9 Å². The van der Waals surface area contributed by atoms with E-state index in [1.165, 1.54) is 0 Å². The Morgan fingerprint density at radius 1 is 1.04 bits per heavy atom. The molecule has 0 unspecified atom stereocenters. The maximum Gasteiger partial charge on any atom is 0.340 e. The Bertz CT molecular complexity index is 641. The summed E-state index contributed by atoms with van der Waals surface area (Å²) in [6, 6.07) is 9.33. The fourth-order valence-electron chi connectivity index (χ4n) is 2.85. The van der Waals surface area contributed by atoms with Gasteiger partial charge in [0.25, 0.3) is 0 Å². The average Bonchev–Trinajstić information content (AvgIpc) is 2.65. The molecule has 8 heteroatoms. The Kier molecular flexibility index (Phi) is 11.0. The van der Waals surface area contributed by atoms with Gasteiger partial charge >= 0.3 is 13.6 Å². The number of nitrogens with zero attached hydrogens (tertiary/aromatic N) is 1. The summed E-state index contributed by atoms with van der Waals surface area (Å²) in [6.45, 7) is 8.14. The number of hydrogen-bond donors (Lipinski definition) is 0. The summed E-state index contributed by atoms with van der Waals surface area (Å²) in [5.41, 5.74) is 0.953. The van der Waals surface area contributed by atoms with Crippen molar-refractivity contribution in [2.24, 2.45) is 0 Å². The van der Waals surface area contributed by atoms with Gasteiger partial charge in [-0.25, -0.2) is 0 Å². The number of amides is 1. The smallest absolute Gasteiger partial charge is 0.340 e. The molecule has 0 saturated heterocycles. The van der Waals surface area contributed by atoms with Crippen molar-refractivity contribution in [3.63, 3.8) is 0 Å². The van der Waals surface area contributed by atoms with Crippen LogP contribution in [0.2, 0.25) is 0 Å². The summed E-state index contributed by atoms with van der Waals surface area (Å²) >= 11 is 0. The van der Waals surface area contributed by atoms with Crippen molar-refractivity contribution in [2.75, 3.05) is 32.5 Å². The van der Waals surface area contributed by atoms with Gasteiger partial charge < -0.3 is 18.7 Å². The van der Waals surface area contributed by atoms with Crippen LogP contribution < -0.4 is 0 Å². The van der Waals surface area contributed by atoms with Gasteiger partial charge in [0.2, 0.25) is 5.91 Å². The van der Waals surface area contributed by atoms with Crippen LogP contribution in [0.4, 0.5) is 0 Å². The number of benzene rings is 1. The lowest BCUT2D eigenvalue weighted by atomic mass is 10.1. The molecule has 7 nitrogen and oxygen atoms in total. The van der Waals surface area contributed by atoms with Crippen LogP contribution in [-0.2, 0) is 27.9 Å². The van der Waals surface area contributed by atoms with Gasteiger partial charge in [-0.1, -0.05) is 30.3 Å². The molecule has 0 aliphatic heterocycles. The van der Waals surface area contributed by atoms with E-state index in [1.54, 1.807) is 25.7 Å². The van der Waals surface area contributed by atoms with Gasteiger partial charge in [0.05, 0.1) is 25.9 Å². The van der Waals surface area contributed by atoms with Crippen molar-refractivity contribution < 1.29 is 27.9 Å². The van der Waals surface area contributed by atoms with Crippen LogP contribution in [-0.4, -0.2) is 49.3 Å². The van der Waals surface area contributed by atoms with E-state index >= 15 is 0 Å². The molecule has 0 heterocycles. The molecular formula is C20H32NO6P. The predicted octanol–water partition coefficient (Wildman–Crippen LogP) is 4.19. The number of esters is 1. The van der Waals surface area contributed by atoms with Crippen molar-refractivity contribution in [2.45, 2.75) is 46.6 Å².